The summed E-state index contributed by atoms with van der Waals surface area (Å²) in [6, 6.07) is 14.3. The molecular weight excluding hydrogens is 438 g/mol. The number of benzene rings is 2. The molecule has 0 aliphatic carbocycles. The first-order valence-electron chi connectivity index (χ1n) is 11.0. The molecule has 4 rings (SSSR count). The third-order valence-corrected chi connectivity index (χ3v) is 7.62. The Labute approximate surface area is 198 Å². The summed E-state index contributed by atoms with van der Waals surface area (Å²) >= 11 is 3.28. The maximum atomic E-state index is 13.7. The van der Waals surface area contributed by atoms with E-state index in [0.717, 1.165) is 53.1 Å². The number of nitrogens with zero attached hydrogens (tertiary/aromatic N) is 3. The molecule has 2 heterocycles. The second-order valence-corrected chi connectivity index (χ2v) is 10.9. The molecule has 0 spiro atoms. The van der Waals surface area contributed by atoms with E-state index in [1.807, 2.05) is 17.0 Å². The van der Waals surface area contributed by atoms with Crippen molar-refractivity contribution < 1.29 is 9.53 Å². The quantitative estimate of drug-likeness (QED) is 0.459. The molecular formula is C25H31N3O2S2. The zero-order valence-electron chi connectivity index (χ0n) is 19.3. The Kier molecular flexibility index (Phi) is 7.20. The number of fused-ring (bicyclic) bond motifs is 1. The monoisotopic (exact) mass is 469 g/mol. The minimum absolute atomic E-state index is 0.00322. The predicted molar refractivity (Wildman–Crippen MR) is 135 cm³/mol. The molecule has 0 atom stereocenters. The van der Waals surface area contributed by atoms with E-state index in [1.165, 1.54) is 5.56 Å². The molecule has 32 heavy (non-hydrogen) atoms. The molecule has 0 bridgehead atoms. The van der Waals surface area contributed by atoms with Crippen LogP contribution in [0.15, 0.2) is 47.4 Å². The van der Waals surface area contributed by atoms with Gasteiger partial charge in [-0.25, -0.2) is 4.98 Å². The molecule has 170 valence electrons. The van der Waals surface area contributed by atoms with Crippen LogP contribution in [0.4, 0.5) is 5.13 Å². The summed E-state index contributed by atoms with van der Waals surface area (Å²) in [4.78, 5) is 23.9. The molecule has 1 saturated heterocycles. The van der Waals surface area contributed by atoms with Gasteiger partial charge in [0.1, 0.15) is 0 Å². The van der Waals surface area contributed by atoms with Crippen LogP contribution < -0.4 is 4.90 Å². The van der Waals surface area contributed by atoms with E-state index in [9.17, 15) is 4.79 Å². The minimum Gasteiger partial charge on any atom is -0.379 e. The lowest BCUT2D eigenvalue weighted by molar-refractivity contribution is 0.0391. The predicted octanol–water partition coefficient (Wildman–Crippen LogP) is 5.29. The lowest BCUT2D eigenvalue weighted by Crippen LogP contribution is -2.43. The Morgan fingerprint density at radius 2 is 1.88 bits per heavy atom. The van der Waals surface area contributed by atoms with Crippen LogP contribution in [0.5, 0.6) is 0 Å². The van der Waals surface area contributed by atoms with Crippen LogP contribution in [0.25, 0.3) is 10.2 Å². The summed E-state index contributed by atoms with van der Waals surface area (Å²) in [5, 5.41) is 0.764. The van der Waals surface area contributed by atoms with Crippen molar-refractivity contribution in [1.29, 1.82) is 0 Å². The molecule has 0 unspecified atom stereocenters. The second-order valence-electron chi connectivity index (χ2n) is 9.04. The first-order valence-corrected chi connectivity index (χ1v) is 13.1. The first-order chi connectivity index (χ1) is 15.4. The van der Waals surface area contributed by atoms with Crippen LogP contribution in [-0.4, -0.2) is 61.4 Å². The van der Waals surface area contributed by atoms with Crippen LogP contribution in [-0.2, 0) is 10.2 Å². The van der Waals surface area contributed by atoms with E-state index in [-0.39, 0.29) is 11.3 Å². The van der Waals surface area contributed by atoms with Gasteiger partial charge in [-0.1, -0.05) is 50.3 Å². The lowest BCUT2D eigenvalue weighted by atomic mass is 9.86. The van der Waals surface area contributed by atoms with Gasteiger partial charge >= 0.3 is 0 Å². The third kappa shape index (κ3) is 5.17. The average molecular weight is 470 g/mol. The molecule has 1 aliphatic rings. The van der Waals surface area contributed by atoms with E-state index in [4.69, 9.17) is 9.72 Å². The summed E-state index contributed by atoms with van der Waals surface area (Å²) in [6.45, 7) is 11.3. The van der Waals surface area contributed by atoms with Crippen molar-refractivity contribution >= 4 is 44.4 Å². The normalized spacial score (nSPS) is 15.2. The second kappa shape index (κ2) is 9.91. The highest BCUT2D eigenvalue weighted by Gasteiger charge is 2.24. The summed E-state index contributed by atoms with van der Waals surface area (Å²) in [6.07, 6.45) is 2.06. The van der Waals surface area contributed by atoms with Crippen LogP contribution in [0, 0.1) is 0 Å². The number of ether oxygens (including phenoxy) is 1. The van der Waals surface area contributed by atoms with Crippen LogP contribution >= 0.6 is 23.1 Å². The Bertz CT molecular complexity index is 1070. The van der Waals surface area contributed by atoms with Crippen molar-refractivity contribution in [2.45, 2.75) is 31.1 Å². The molecule has 3 aromatic rings. The molecule has 1 fully saturated rings. The summed E-state index contributed by atoms with van der Waals surface area (Å²) in [7, 11) is 0. The largest absolute Gasteiger partial charge is 0.379 e. The van der Waals surface area contributed by atoms with Gasteiger partial charge in [0.15, 0.2) is 5.13 Å². The number of anilines is 1. The number of aromatic nitrogens is 1. The SMILES string of the molecule is CSc1cccc2sc(N(CCN3CCOCC3)C(=O)c3ccc(C(C)(C)C)cc3)nc12. The maximum Gasteiger partial charge on any atom is 0.260 e. The summed E-state index contributed by atoms with van der Waals surface area (Å²) < 4.78 is 6.59. The molecule has 0 N–H and O–H groups in total. The number of amides is 1. The van der Waals surface area contributed by atoms with Gasteiger partial charge in [0, 0.05) is 36.6 Å². The zero-order valence-corrected chi connectivity index (χ0v) is 20.9. The first kappa shape index (κ1) is 23.2. The van der Waals surface area contributed by atoms with Gasteiger partial charge in [-0.05, 0) is 41.5 Å². The molecule has 1 aromatic heterocycles. The average Bonchev–Trinajstić information content (AvgIpc) is 3.23. The van der Waals surface area contributed by atoms with E-state index in [0.29, 0.717) is 12.1 Å². The Hall–Kier alpha value is -1.93. The molecule has 7 heteroatoms. The van der Waals surface area contributed by atoms with E-state index >= 15 is 0 Å². The molecule has 0 saturated carbocycles. The summed E-state index contributed by atoms with van der Waals surface area (Å²) in [5.41, 5.74) is 2.95. The topological polar surface area (TPSA) is 45.7 Å². The van der Waals surface area contributed by atoms with Gasteiger partial charge in [0.05, 0.1) is 23.4 Å². The van der Waals surface area contributed by atoms with Gasteiger partial charge in [-0.15, -0.1) is 11.8 Å². The van der Waals surface area contributed by atoms with Crippen molar-refractivity contribution in [3.05, 3.63) is 53.6 Å². The number of morpholine rings is 1. The van der Waals surface area contributed by atoms with Crippen LogP contribution in [0.2, 0.25) is 0 Å². The van der Waals surface area contributed by atoms with Gasteiger partial charge in [0.25, 0.3) is 5.91 Å². The summed E-state index contributed by atoms with van der Waals surface area (Å²) in [5.74, 6) is 0.00322. The van der Waals surface area contributed by atoms with Crippen molar-refractivity contribution in [3.8, 4) is 0 Å². The van der Waals surface area contributed by atoms with Crippen LogP contribution in [0.1, 0.15) is 36.7 Å². The number of thioether (sulfide) groups is 1. The van der Waals surface area contributed by atoms with Gasteiger partial charge in [0.2, 0.25) is 0 Å². The van der Waals surface area contributed by atoms with Gasteiger partial charge in [-0.3, -0.25) is 14.6 Å². The molecule has 2 aromatic carbocycles. The number of rotatable bonds is 6. The number of thiazole rings is 1. The standard InChI is InChI=1S/C25H31N3O2S2/c1-25(2,3)19-10-8-18(9-11-19)23(29)28(13-12-27-14-16-30-17-15-27)24-26-22-20(31-4)6-5-7-21(22)32-24/h5-11H,12-17H2,1-4H3. The number of carbonyl (C=O) groups excluding carboxylic acids is 1. The van der Waals surface area contributed by atoms with E-state index < -0.39 is 0 Å². The van der Waals surface area contributed by atoms with Crippen molar-refractivity contribution in [3.63, 3.8) is 0 Å². The fourth-order valence-corrected chi connectivity index (χ4v) is 5.46. The Morgan fingerprint density at radius 3 is 2.53 bits per heavy atom. The smallest absolute Gasteiger partial charge is 0.260 e. The van der Waals surface area contributed by atoms with Crippen molar-refractivity contribution in [2.24, 2.45) is 0 Å². The van der Waals surface area contributed by atoms with Crippen molar-refractivity contribution in [1.82, 2.24) is 9.88 Å². The Morgan fingerprint density at radius 1 is 1.16 bits per heavy atom. The number of para-hydroxylation sites is 1. The minimum atomic E-state index is 0.00322. The lowest BCUT2D eigenvalue weighted by Gasteiger charge is -2.29. The van der Waals surface area contributed by atoms with E-state index in [1.54, 1.807) is 23.1 Å². The molecule has 5 nitrogen and oxygen atoms in total. The number of hydrogen-bond donors (Lipinski definition) is 0. The number of hydrogen-bond acceptors (Lipinski definition) is 6. The van der Waals surface area contributed by atoms with E-state index in [2.05, 4.69) is 62.3 Å². The fourth-order valence-electron chi connectivity index (χ4n) is 3.81. The fraction of sp³-hybridized carbons (Fsp3) is 0.440. The molecule has 1 amide bonds. The molecule has 1 aliphatic heterocycles. The third-order valence-electron chi connectivity index (χ3n) is 5.81. The highest BCUT2D eigenvalue weighted by molar-refractivity contribution is 7.98. The van der Waals surface area contributed by atoms with Gasteiger partial charge in [-0.2, -0.15) is 0 Å². The maximum absolute atomic E-state index is 13.7. The van der Waals surface area contributed by atoms with Crippen molar-refractivity contribution in [2.75, 3.05) is 50.5 Å². The molecule has 0 radical (unpaired) electrons. The zero-order chi connectivity index (χ0) is 22.7. The van der Waals surface area contributed by atoms with Crippen LogP contribution in [0.3, 0.4) is 0 Å². The Balaban J connectivity index is 1.64. The highest BCUT2D eigenvalue weighted by Crippen LogP contribution is 2.34. The van der Waals surface area contributed by atoms with Gasteiger partial charge < -0.3 is 4.74 Å². The number of carbonyl (C=O) groups is 1. The highest BCUT2D eigenvalue weighted by atomic mass is 32.2.